The first-order valence-corrected chi connectivity index (χ1v) is 7.60. The maximum atomic E-state index is 12.4. The first-order valence-electron chi connectivity index (χ1n) is 7.07. The van der Waals surface area contributed by atoms with E-state index in [4.69, 9.17) is 11.6 Å². The summed E-state index contributed by atoms with van der Waals surface area (Å²) in [6, 6.07) is 8.02. The molecule has 0 saturated carbocycles. The van der Waals surface area contributed by atoms with E-state index in [0.29, 0.717) is 17.7 Å². The predicted molar refractivity (Wildman–Crippen MR) is 79.9 cm³/mol. The average molecular weight is 280 g/mol. The van der Waals surface area contributed by atoms with Gasteiger partial charge in [0.1, 0.15) is 0 Å². The molecule has 0 bridgehead atoms. The molecule has 0 aliphatic carbocycles. The summed E-state index contributed by atoms with van der Waals surface area (Å²) in [7, 11) is 0. The van der Waals surface area contributed by atoms with Crippen molar-refractivity contribution >= 4 is 17.5 Å². The van der Waals surface area contributed by atoms with Gasteiger partial charge in [-0.15, -0.1) is 11.6 Å². The zero-order valence-electron chi connectivity index (χ0n) is 11.7. The van der Waals surface area contributed by atoms with E-state index in [2.05, 4.69) is 26.0 Å². The predicted octanol–water partition coefficient (Wildman–Crippen LogP) is 3.90. The molecule has 1 unspecified atom stereocenters. The van der Waals surface area contributed by atoms with Gasteiger partial charge in [-0.1, -0.05) is 26.0 Å². The molecule has 1 saturated heterocycles. The standard InChI is InChI=1S/C16H22ClNO/c1-12(2)14-3-5-15(6-4-14)16(19)18-10-8-13(11-18)7-9-17/h3-6,12-13H,7-11H2,1-2H3. The van der Waals surface area contributed by atoms with E-state index in [9.17, 15) is 4.79 Å². The molecule has 19 heavy (non-hydrogen) atoms. The Bertz CT molecular complexity index is 427. The van der Waals surface area contributed by atoms with Crippen LogP contribution in [0.5, 0.6) is 0 Å². The molecule has 1 amide bonds. The number of carbonyl (C=O) groups excluding carboxylic acids is 1. The number of halogens is 1. The smallest absolute Gasteiger partial charge is 0.253 e. The molecule has 0 radical (unpaired) electrons. The summed E-state index contributed by atoms with van der Waals surface area (Å²) < 4.78 is 0. The number of alkyl halides is 1. The number of rotatable bonds is 4. The van der Waals surface area contributed by atoms with Crippen LogP contribution in [0.15, 0.2) is 24.3 Å². The molecule has 0 aromatic heterocycles. The van der Waals surface area contributed by atoms with E-state index in [1.165, 1.54) is 5.56 Å². The van der Waals surface area contributed by atoms with Crippen molar-refractivity contribution in [3.05, 3.63) is 35.4 Å². The summed E-state index contributed by atoms with van der Waals surface area (Å²) in [5.41, 5.74) is 2.08. The van der Waals surface area contributed by atoms with Crippen molar-refractivity contribution in [3.63, 3.8) is 0 Å². The van der Waals surface area contributed by atoms with Gasteiger partial charge in [0.05, 0.1) is 0 Å². The quantitative estimate of drug-likeness (QED) is 0.766. The molecule has 1 aliphatic heterocycles. The summed E-state index contributed by atoms with van der Waals surface area (Å²) >= 11 is 5.77. The molecule has 1 fully saturated rings. The zero-order chi connectivity index (χ0) is 13.8. The van der Waals surface area contributed by atoms with Gasteiger partial charge in [0.25, 0.3) is 5.91 Å². The van der Waals surface area contributed by atoms with Crippen LogP contribution in [-0.4, -0.2) is 29.8 Å². The molecular formula is C16H22ClNO. The Morgan fingerprint density at radius 1 is 1.37 bits per heavy atom. The Kier molecular flexibility index (Phi) is 4.87. The third kappa shape index (κ3) is 3.50. The summed E-state index contributed by atoms with van der Waals surface area (Å²) in [5, 5.41) is 0. The van der Waals surface area contributed by atoms with Crippen LogP contribution >= 0.6 is 11.6 Å². The lowest BCUT2D eigenvalue weighted by Crippen LogP contribution is -2.28. The molecule has 1 aromatic carbocycles. The number of carbonyl (C=O) groups is 1. The highest BCUT2D eigenvalue weighted by Crippen LogP contribution is 2.22. The van der Waals surface area contributed by atoms with E-state index >= 15 is 0 Å². The van der Waals surface area contributed by atoms with E-state index in [1.807, 2.05) is 17.0 Å². The monoisotopic (exact) mass is 279 g/mol. The summed E-state index contributed by atoms with van der Waals surface area (Å²) in [6.45, 7) is 6.05. The third-order valence-electron chi connectivity index (χ3n) is 3.91. The minimum atomic E-state index is 0.160. The Morgan fingerprint density at radius 2 is 2.05 bits per heavy atom. The van der Waals surface area contributed by atoms with Crippen LogP contribution in [0, 0.1) is 5.92 Å². The lowest BCUT2D eigenvalue weighted by Gasteiger charge is -2.17. The fourth-order valence-corrected chi connectivity index (χ4v) is 2.91. The zero-order valence-corrected chi connectivity index (χ0v) is 12.5. The van der Waals surface area contributed by atoms with Gasteiger partial charge >= 0.3 is 0 Å². The van der Waals surface area contributed by atoms with Gasteiger partial charge in [0.15, 0.2) is 0 Å². The highest BCUT2D eigenvalue weighted by Gasteiger charge is 2.26. The minimum absolute atomic E-state index is 0.160. The van der Waals surface area contributed by atoms with Crippen LogP contribution in [0.2, 0.25) is 0 Å². The fraction of sp³-hybridized carbons (Fsp3) is 0.562. The van der Waals surface area contributed by atoms with Crippen molar-refractivity contribution in [1.82, 2.24) is 4.90 Å². The van der Waals surface area contributed by atoms with Crippen LogP contribution in [0.4, 0.5) is 0 Å². The Morgan fingerprint density at radius 3 is 2.63 bits per heavy atom. The Labute approximate surface area is 120 Å². The van der Waals surface area contributed by atoms with Gasteiger partial charge in [-0.3, -0.25) is 4.79 Å². The number of benzene rings is 1. The number of nitrogens with zero attached hydrogens (tertiary/aromatic N) is 1. The largest absolute Gasteiger partial charge is 0.338 e. The highest BCUT2D eigenvalue weighted by molar-refractivity contribution is 6.17. The van der Waals surface area contributed by atoms with E-state index < -0.39 is 0 Å². The molecule has 104 valence electrons. The molecule has 1 aromatic rings. The first kappa shape index (κ1) is 14.4. The first-order chi connectivity index (χ1) is 9.11. The average Bonchev–Trinajstić information content (AvgIpc) is 2.87. The SMILES string of the molecule is CC(C)c1ccc(C(=O)N2CCC(CCCl)C2)cc1. The lowest BCUT2D eigenvalue weighted by molar-refractivity contribution is 0.0787. The molecule has 1 atom stereocenters. The second-order valence-electron chi connectivity index (χ2n) is 5.66. The maximum Gasteiger partial charge on any atom is 0.253 e. The van der Waals surface area contributed by atoms with Gasteiger partial charge in [0, 0.05) is 24.5 Å². The van der Waals surface area contributed by atoms with Gasteiger partial charge < -0.3 is 4.90 Å². The molecule has 0 N–H and O–H groups in total. The van der Waals surface area contributed by atoms with Crippen LogP contribution in [-0.2, 0) is 0 Å². The molecule has 0 spiro atoms. The topological polar surface area (TPSA) is 20.3 Å². The summed E-state index contributed by atoms with van der Waals surface area (Å²) in [4.78, 5) is 14.3. The van der Waals surface area contributed by atoms with Gasteiger partial charge in [-0.2, -0.15) is 0 Å². The van der Waals surface area contributed by atoms with Crippen molar-refractivity contribution in [2.75, 3.05) is 19.0 Å². The van der Waals surface area contributed by atoms with Crippen molar-refractivity contribution in [1.29, 1.82) is 0 Å². The lowest BCUT2D eigenvalue weighted by atomic mass is 10.0. The molecule has 3 heteroatoms. The minimum Gasteiger partial charge on any atom is -0.338 e. The third-order valence-corrected chi connectivity index (χ3v) is 4.13. The molecule has 1 heterocycles. The molecular weight excluding hydrogens is 258 g/mol. The van der Waals surface area contributed by atoms with Gasteiger partial charge in [-0.25, -0.2) is 0 Å². The summed E-state index contributed by atoms with van der Waals surface area (Å²) in [5.74, 6) is 1.93. The number of hydrogen-bond acceptors (Lipinski definition) is 1. The van der Waals surface area contributed by atoms with Crippen molar-refractivity contribution in [3.8, 4) is 0 Å². The fourth-order valence-electron chi connectivity index (χ4n) is 2.60. The second-order valence-corrected chi connectivity index (χ2v) is 6.04. The summed E-state index contributed by atoms with van der Waals surface area (Å²) in [6.07, 6.45) is 2.10. The normalized spacial score (nSPS) is 19.2. The van der Waals surface area contributed by atoms with Crippen LogP contribution in [0.25, 0.3) is 0 Å². The molecule has 2 rings (SSSR count). The van der Waals surface area contributed by atoms with E-state index in [-0.39, 0.29) is 5.91 Å². The van der Waals surface area contributed by atoms with E-state index in [0.717, 1.165) is 31.5 Å². The Hall–Kier alpha value is -1.02. The molecule has 2 nitrogen and oxygen atoms in total. The number of hydrogen-bond donors (Lipinski definition) is 0. The van der Waals surface area contributed by atoms with Crippen LogP contribution < -0.4 is 0 Å². The number of amides is 1. The maximum absolute atomic E-state index is 12.4. The molecule has 1 aliphatic rings. The second kappa shape index (κ2) is 6.42. The van der Waals surface area contributed by atoms with Crippen LogP contribution in [0.1, 0.15) is 48.5 Å². The van der Waals surface area contributed by atoms with Gasteiger partial charge in [-0.05, 0) is 42.4 Å². The van der Waals surface area contributed by atoms with Crippen LogP contribution in [0.3, 0.4) is 0 Å². The van der Waals surface area contributed by atoms with Crippen molar-refractivity contribution in [2.45, 2.75) is 32.6 Å². The highest BCUT2D eigenvalue weighted by atomic mass is 35.5. The van der Waals surface area contributed by atoms with Crippen molar-refractivity contribution < 1.29 is 4.79 Å². The number of likely N-dealkylation sites (tertiary alicyclic amines) is 1. The Balaban J connectivity index is 2.00. The van der Waals surface area contributed by atoms with Gasteiger partial charge in [0.2, 0.25) is 0 Å². The van der Waals surface area contributed by atoms with E-state index in [1.54, 1.807) is 0 Å². The van der Waals surface area contributed by atoms with Crippen molar-refractivity contribution in [2.24, 2.45) is 5.92 Å².